The number of aromatic nitrogens is 1. The smallest absolute Gasteiger partial charge is 0.127 e. The fraction of sp³-hybridized carbons (Fsp3) is 0.545. The largest absolute Gasteiger partial charge is 0.383 e. The maximum Gasteiger partial charge on any atom is 0.127 e. The van der Waals surface area contributed by atoms with Crippen LogP contribution in [0.3, 0.4) is 0 Å². The lowest BCUT2D eigenvalue weighted by atomic mass is 10.4. The van der Waals surface area contributed by atoms with Crippen LogP contribution in [0.5, 0.6) is 0 Å². The standard InChI is InChI=1S/C11H19N3O2/c1-12-11-9-10(3-4-14-11)13-5-6-16-8-7-15-2/h3-4,9H,5-8H2,1-2H3,(H2,12,13,14). The molecule has 0 aliphatic heterocycles. The second-order valence-electron chi connectivity index (χ2n) is 3.21. The third kappa shape index (κ3) is 4.95. The summed E-state index contributed by atoms with van der Waals surface area (Å²) >= 11 is 0. The SMILES string of the molecule is CNc1cc(NCCOCCOC)ccn1. The van der Waals surface area contributed by atoms with Crippen LogP contribution in [0.2, 0.25) is 0 Å². The molecule has 0 unspecified atom stereocenters. The van der Waals surface area contributed by atoms with Gasteiger partial charge in [-0.2, -0.15) is 0 Å². The number of nitrogens with one attached hydrogen (secondary N) is 2. The molecule has 0 radical (unpaired) electrons. The van der Waals surface area contributed by atoms with Gasteiger partial charge in [0.15, 0.2) is 0 Å². The van der Waals surface area contributed by atoms with Gasteiger partial charge in [0.05, 0.1) is 19.8 Å². The van der Waals surface area contributed by atoms with E-state index in [0.717, 1.165) is 18.1 Å². The van der Waals surface area contributed by atoms with Crippen molar-refractivity contribution in [2.45, 2.75) is 0 Å². The minimum Gasteiger partial charge on any atom is -0.383 e. The first-order chi connectivity index (χ1) is 7.86. The van der Waals surface area contributed by atoms with Crippen LogP contribution in [-0.2, 0) is 9.47 Å². The number of rotatable bonds is 8. The molecule has 0 fully saturated rings. The van der Waals surface area contributed by atoms with Gasteiger partial charge in [-0.3, -0.25) is 0 Å². The number of hydrogen-bond acceptors (Lipinski definition) is 5. The van der Waals surface area contributed by atoms with E-state index in [0.29, 0.717) is 19.8 Å². The van der Waals surface area contributed by atoms with E-state index in [1.807, 2.05) is 19.2 Å². The zero-order chi connectivity index (χ0) is 11.6. The highest BCUT2D eigenvalue weighted by Crippen LogP contribution is 2.10. The van der Waals surface area contributed by atoms with Crippen molar-refractivity contribution < 1.29 is 9.47 Å². The molecule has 0 aliphatic carbocycles. The van der Waals surface area contributed by atoms with Gasteiger partial charge in [-0.25, -0.2) is 4.98 Å². The van der Waals surface area contributed by atoms with Gasteiger partial charge in [0, 0.05) is 38.7 Å². The molecule has 1 aromatic rings. The Kier molecular flexibility index (Phi) is 6.29. The molecular formula is C11H19N3O2. The molecule has 0 bridgehead atoms. The van der Waals surface area contributed by atoms with Crippen molar-refractivity contribution in [2.75, 3.05) is 51.2 Å². The summed E-state index contributed by atoms with van der Waals surface area (Å²) in [5, 5.41) is 6.24. The summed E-state index contributed by atoms with van der Waals surface area (Å²) in [5.74, 6) is 0.852. The van der Waals surface area contributed by atoms with Gasteiger partial charge in [-0.05, 0) is 6.07 Å². The van der Waals surface area contributed by atoms with Crippen LogP contribution >= 0.6 is 0 Å². The maximum absolute atomic E-state index is 5.33. The molecule has 1 heterocycles. The van der Waals surface area contributed by atoms with Gasteiger partial charge in [0.2, 0.25) is 0 Å². The molecule has 90 valence electrons. The average Bonchev–Trinajstić information content (AvgIpc) is 2.34. The fourth-order valence-corrected chi connectivity index (χ4v) is 1.19. The molecule has 0 spiro atoms. The second kappa shape index (κ2) is 7.90. The van der Waals surface area contributed by atoms with Gasteiger partial charge in [-0.1, -0.05) is 0 Å². The Bertz CT molecular complexity index is 294. The molecule has 0 saturated heterocycles. The summed E-state index contributed by atoms with van der Waals surface area (Å²) < 4.78 is 10.2. The lowest BCUT2D eigenvalue weighted by Crippen LogP contribution is -2.12. The van der Waals surface area contributed by atoms with E-state index in [1.54, 1.807) is 13.3 Å². The predicted octanol–water partition coefficient (Wildman–Crippen LogP) is 1.20. The van der Waals surface area contributed by atoms with Crippen LogP contribution in [0.1, 0.15) is 0 Å². The molecule has 5 heteroatoms. The van der Waals surface area contributed by atoms with E-state index in [4.69, 9.17) is 9.47 Å². The van der Waals surface area contributed by atoms with Crippen molar-refractivity contribution >= 4 is 11.5 Å². The monoisotopic (exact) mass is 225 g/mol. The highest BCUT2D eigenvalue weighted by molar-refractivity contribution is 5.51. The van der Waals surface area contributed by atoms with E-state index in [1.165, 1.54) is 0 Å². The molecule has 0 saturated carbocycles. The minimum atomic E-state index is 0.635. The predicted molar refractivity (Wildman–Crippen MR) is 65.0 cm³/mol. The van der Waals surface area contributed by atoms with Crippen LogP contribution in [0.25, 0.3) is 0 Å². The van der Waals surface area contributed by atoms with Gasteiger partial charge >= 0.3 is 0 Å². The van der Waals surface area contributed by atoms with Gasteiger partial charge in [0.1, 0.15) is 5.82 Å². The Balaban J connectivity index is 2.16. The molecule has 16 heavy (non-hydrogen) atoms. The summed E-state index contributed by atoms with van der Waals surface area (Å²) in [6, 6.07) is 3.88. The van der Waals surface area contributed by atoms with Crippen LogP contribution < -0.4 is 10.6 Å². The van der Waals surface area contributed by atoms with Crippen molar-refractivity contribution in [3.63, 3.8) is 0 Å². The Morgan fingerprint density at radius 1 is 1.31 bits per heavy atom. The van der Waals surface area contributed by atoms with Crippen molar-refractivity contribution in [3.05, 3.63) is 18.3 Å². The highest BCUT2D eigenvalue weighted by Gasteiger charge is 1.94. The van der Waals surface area contributed by atoms with Crippen molar-refractivity contribution in [2.24, 2.45) is 0 Å². The summed E-state index contributed by atoms with van der Waals surface area (Å²) in [6.07, 6.45) is 1.76. The topological polar surface area (TPSA) is 55.4 Å². The molecule has 5 nitrogen and oxygen atoms in total. The Morgan fingerprint density at radius 3 is 2.94 bits per heavy atom. The molecular weight excluding hydrogens is 206 g/mol. The Labute approximate surface area is 96.2 Å². The van der Waals surface area contributed by atoms with Crippen LogP contribution in [0.4, 0.5) is 11.5 Å². The normalized spacial score (nSPS) is 10.1. The first-order valence-electron chi connectivity index (χ1n) is 5.31. The molecule has 2 N–H and O–H groups in total. The fourth-order valence-electron chi connectivity index (χ4n) is 1.19. The molecule has 0 aliphatic rings. The van der Waals surface area contributed by atoms with Gasteiger partial charge < -0.3 is 20.1 Å². The van der Waals surface area contributed by atoms with E-state index in [2.05, 4.69) is 15.6 Å². The number of pyridine rings is 1. The summed E-state index contributed by atoms with van der Waals surface area (Å²) in [5.41, 5.74) is 1.04. The first kappa shape index (κ1) is 12.7. The number of ether oxygens (including phenoxy) is 2. The highest BCUT2D eigenvalue weighted by atomic mass is 16.5. The average molecular weight is 225 g/mol. The molecule has 1 aromatic heterocycles. The zero-order valence-electron chi connectivity index (χ0n) is 9.82. The lowest BCUT2D eigenvalue weighted by Gasteiger charge is -2.08. The number of anilines is 2. The van der Waals surface area contributed by atoms with Crippen LogP contribution in [-0.4, -0.2) is 45.5 Å². The molecule has 0 aromatic carbocycles. The molecule has 0 atom stereocenters. The Hall–Kier alpha value is -1.33. The number of methoxy groups -OCH3 is 1. The van der Waals surface area contributed by atoms with Gasteiger partial charge in [0.25, 0.3) is 0 Å². The second-order valence-corrected chi connectivity index (χ2v) is 3.21. The van der Waals surface area contributed by atoms with Crippen molar-refractivity contribution in [1.29, 1.82) is 0 Å². The number of nitrogens with zero attached hydrogens (tertiary/aromatic N) is 1. The lowest BCUT2D eigenvalue weighted by molar-refractivity contribution is 0.0759. The van der Waals surface area contributed by atoms with Gasteiger partial charge in [-0.15, -0.1) is 0 Å². The van der Waals surface area contributed by atoms with E-state index in [-0.39, 0.29) is 0 Å². The molecule has 1 rings (SSSR count). The van der Waals surface area contributed by atoms with E-state index in [9.17, 15) is 0 Å². The zero-order valence-corrected chi connectivity index (χ0v) is 9.82. The quantitative estimate of drug-likeness (QED) is 0.651. The van der Waals surface area contributed by atoms with Crippen LogP contribution in [0, 0.1) is 0 Å². The Morgan fingerprint density at radius 2 is 2.19 bits per heavy atom. The minimum absolute atomic E-state index is 0.635. The maximum atomic E-state index is 5.33. The third-order valence-corrected chi connectivity index (χ3v) is 2.02. The van der Waals surface area contributed by atoms with E-state index < -0.39 is 0 Å². The van der Waals surface area contributed by atoms with Crippen molar-refractivity contribution in [1.82, 2.24) is 4.98 Å². The summed E-state index contributed by atoms with van der Waals surface area (Å²) in [4.78, 5) is 4.13. The number of hydrogen-bond donors (Lipinski definition) is 2. The third-order valence-electron chi connectivity index (χ3n) is 2.02. The summed E-state index contributed by atoms with van der Waals surface area (Å²) in [6.45, 7) is 2.72. The van der Waals surface area contributed by atoms with E-state index >= 15 is 0 Å². The van der Waals surface area contributed by atoms with Crippen LogP contribution in [0.15, 0.2) is 18.3 Å². The first-order valence-corrected chi connectivity index (χ1v) is 5.31. The van der Waals surface area contributed by atoms with Crippen molar-refractivity contribution in [3.8, 4) is 0 Å². The summed E-state index contributed by atoms with van der Waals surface area (Å²) in [7, 11) is 3.51. The molecule has 0 amide bonds.